The van der Waals surface area contributed by atoms with E-state index in [0.29, 0.717) is 5.25 Å². The van der Waals surface area contributed by atoms with Gasteiger partial charge in [-0.15, -0.1) is 0 Å². The zero-order chi connectivity index (χ0) is 7.40. The second kappa shape index (κ2) is 3.98. The number of carbonyl (C=O) groups is 1. The number of ether oxygens (including phenoxy) is 1. The molecule has 1 saturated heterocycles. The average molecular weight is 160 g/mol. The molecular weight excluding hydrogens is 148 g/mol. The van der Waals surface area contributed by atoms with E-state index in [1.165, 1.54) is 11.8 Å². The van der Waals surface area contributed by atoms with Crippen LogP contribution >= 0.6 is 11.8 Å². The first-order valence-corrected chi connectivity index (χ1v) is 4.42. The van der Waals surface area contributed by atoms with Gasteiger partial charge in [0.15, 0.2) is 5.12 Å². The maximum absolute atomic E-state index is 10.6. The Morgan fingerprint density at radius 1 is 1.70 bits per heavy atom. The van der Waals surface area contributed by atoms with Crippen LogP contribution in [0.3, 0.4) is 0 Å². The van der Waals surface area contributed by atoms with E-state index in [-0.39, 0.29) is 5.12 Å². The minimum absolute atomic E-state index is 0.204. The summed E-state index contributed by atoms with van der Waals surface area (Å²) in [7, 11) is 0. The summed E-state index contributed by atoms with van der Waals surface area (Å²) in [5.41, 5.74) is 0. The van der Waals surface area contributed by atoms with Crippen LogP contribution in [0.1, 0.15) is 19.8 Å². The molecule has 0 aromatic carbocycles. The van der Waals surface area contributed by atoms with Crippen molar-refractivity contribution < 1.29 is 9.53 Å². The number of carbonyl (C=O) groups excluding carboxylic acids is 1. The highest BCUT2D eigenvalue weighted by Crippen LogP contribution is 2.20. The van der Waals surface area contributed by atoms with E-state index in [1.807, 2.05) is 0 Å². The number of hydrogen-bond acceptors (Lipinski definition) is 3. The van der Waals surface area contributed by atoms with Gasteiger partial charge in [0.05, 0.1) is 6.61 Å². The molecule has 1 aliphatic heterocycles. The Morgan fingerprint density at radius 3 is 3.00 bits per heavy atom. The van der Waals surface area contributed by atoms with Crippen LogP contribution in [-0.4, -0.2) is 23.6 Å². The zero-order valence-electron chi connectivity index (χ0n) is 6.13. The molecule has 0 amide bonds. The topological polar surface area (TPSA) is 26.3 Å². The lowest BCUT2D eigenvalue weighted by Gasteiger charge is -2.19. The van der Waals surface area contributed by atoms with Crippen molar-refractivity contribution in [3.05, 3.63) is 0 Å². The largest absolute Gasteiger partial charge is 0.380 e. The molecule has 0 saturated carbocycles. The summed E-state index contributed by atoms with van der Waals surface area (Å²) in [5.74, 6) is 0. The van der Waals surface area contributed by atoms with Gasteiger partial charge in [0.2, 0.25) is 0 Å². The van der Waals surface area contributed by atoms with Crippen LogP contribution in [0, 0.1) is 0 Å². The molecule has 0 unspecified atom stereocenters. The van der Waals surface area contributed by atoms with Crippen LogP contribution in [0.15, 0.2) is 0 Å². The molecule has 0 radical (unpaired) electrons. The van der Waals surface area contributed by atoms with Crippen molar-refractivity contribution >= 4 is 16.9 Å². The fourth-order valence-corrected chi connectivity index (χ4v) is 1.96. The predicted octanol–water partition coefficient (Wildman–Crippen LogP) is 1.45. The molecule has 0 aromatic heterocycles. The van der Waals surface area contributed by atoms with Crippen molar-refractivity contribution in [2.75, 3.05) is 13.2 Å². The molecule has 1 heterocycles. The van der Waals surface area contributed by atoms with Gasteiger partial charge in [-0.1, -0.05) is 11.8 Å². The standard InChI is InChI=1S/C7H12O2S/c1-6(8)10-7-3-2-4-9-5-7/h7H,2-5H2,1H3/t7-/m0/s1. The number of rotatable bonds is 1. The average Bonchev–Trinajstić information content (AvgIpc) is 1.88. The fraction of sp³-hybridized carbons (Fsp3) is 0.857. The van der Waals surface area contributed by atoms with Gasteiger partial charge in [0.1, 0.15) is 0 Å². The molecule has 0 bridgehead atoms. The molecular formula is C7H12O2S. The summed E-state index contributed by atoms with van der Waals surface area (Å²) in [5, 5.41) is 0.627. The summed E-state index contributed by atoms with van der Waals surface area (Å²) >= 11 is 1.41. The molecule has 0 aromatic rings. The Hall–Kier alpha value is -0.0200. The maximum Gasteiger partial charge on any atom is 0.186 e. The molecule has 2 nitrogen and oxygen atoms in total. The van der Waals surface area contributed by atoms with Gasteiger partial charge in [-0.2, -0.15) is 0 Å². The SMILES string of the molecule is CC(=O)S[C@H]1CCCOC1. The first-order chi connectivity index (χ1) is 4.79. The zero-order valence-corrected chi connectivity index (χ0v) is 6.95. The van der Waals surface area contributed by atoms with E-state index in [2.05, 4.69) is 0 Å². The summed E-state index contributed by atoms with van der Waals surface area (Å²) in [6.07, 6.45) is 2.23. The smallest absolute Gasteiger partial charge is 0.186 e. The maximum atomic E-state index is 10.6. The molecule has 0 aliphatic carbocycles. The fourth-order valence-electron chi connectivity index (χ4n) is 1.04. The third-order valence-electron chi connectivity index (χ3n) is 1.45. The van der Waals surface area contributed by atoms with Gasteiger partial charge >= 0.3 is 0 Å². The van der Waals surface area contributed by atoms with E-state index in [0.717, 1.165) is 26.1 Å². The van der Waals surface area contributed by atoms with E-state index in [9.17, 15) is 4.79 Å². The number of hydrogen-bond donors (Lipinski definition) is 0. The van der Waals surface area contributed by atoms with Crippen LogP contribution in [0.4, 0.5) is 0 Å². The Morgan fingerprint density at radius 2 is 2.50 bits per heavy atom. The number of thioether (sulfide) groups is 1. The quantitative estimate of drug-likeness (QED) is 0.580. The highest BCUT2D eigenvalue weighted by molar-refractivity contribution is 8.14. The molecule has 1 aliphatic rings. The highest BCUT2D eigenvalue weighted by atomic mass is 32.2. The van der Waals surface area contributed by atoms with Crippen LogP contribution in [0.5, 0.6) is 0 Å². The van der Waals surface area contributed by atoms with Crippen LogP contribution < -0.4 is 0 Å². The van der Waals surface area contributed by atoms with E-state index in [4.69, 9.17) is 4.74 Å². The molecule has 1 atom stereocenters. The Bertz CT molecular complexity index is 119. The Kier molecular flexibility index (Phi) is 3.22. The van der Waals surface area contributed by atoms with Crippen molar-refractivity contribution in [3.8, 4) is 0 Å². The molecule has 0 spiro atoms. The molecule has 1 fully saturated rings. The van der Waals surface area contributed by atoms with Crippen LogP contribution in [-0.2, 0) is 9.53 Å². The van der Waals surface area contributed by atoms with Crippen molar-refractivity contribution in [1.29, 1.82) is 0 Å². The first kappa shape index (κ1) is 8.08. The van der Waals surface area contributed by atoms with E-state index >= 15 is 0 Å². The second-order valence-electron chi connectivity index (χ2n) is 2.45. The minimum Gasteiger partial charge on any atom is -0.380 e. The van der Waals surface area contributed by atoms with Crippen molar-refractivity contribution in [2.45, 2.75) is 25.0 Å². The molecule has 10 heavy (non-hydrogen) atoms. The third kappa shape index (κ3) is 2.71. The van der Waals surface area contributed by atoms with E-state index in [1.54, 1.807) is 6.92 Å². The Labute approximate surface area is 65.3 Å². The summed E-state index contributed by atoms with van der Waals surface area (Å²) in [6, 6.07) is 0. The van der Waals surface area contributed by atoms with Gasteiger partial charge in [0.25, 0.3) is 0 Å². The van der Waals surface area contributed by atoms with Crippen molar-refractivity contribution in [2.24, 2.45) is 0 Å². The van der Waals surface area contributed by atoms with Gasteiger partial charge in [-0.25, -0.2) is 0 Å². The van der Waals surface area contributed by atoms with E-state index < -0.39 is 0 Å². The van der Waals surface area contributed by atoms with Crippen molar-refractivity contribution in [1.82, 2.24) is 0 Å². The van der Waals surface area contributed by atoms with Gasteiger partial charge in [0, 0.05) is 18.8 Å². The van der Waals surface area contributed by atoms with Gasteiger partial charge in [-0.3, -0.25) is 4.79 Å². The lowest BCUT2D eigenvalue weighted by atomic mass is 10.2. The first-order valence-electron chi connectivity index (χ1n) is 3.54. The normalized spacial score (nSPS) is 26.3. The van der Waals surface area contributed by atoms with Crippen LogP contribution in [0.25, 0.3) is 0 Å². The lowest BCUT2D eigenvalue weighted by Crippen LogP contribution is -2.20. The monoisotopic (exact) mass is 160 g/mol. The van der Waals surface area contributed by atoms with Crippen LogP contribution in [0.2, 0.25) is 0 Å². The predicted molar refractivity (Wildman–Crippen MR) is 42.1 cm³/mol. The summed E-state index contributed by atoms with van der Waals surface area (Å²) < 4.78 is 5.21. The van der Waals surface area contributed by atoms with Gasteiger partial charge < -0.3 is 4.74 Å². The highest BCUT2D eigenvalue weighted by Gasteiger charge is 2.15. The third-order valence-corrected chi connectivity index (χ3v) is 2.49. The summed E-state index contributed by atoms with van der Waals surface area (Å²) in [6.45, 7) is 3.23. The summed E-state index contributed by atoms with van der Waals surface area (Å²) in [4.78, 5) is 10.6. The Balaban J connectivity index is 2.19. The lowest BCUT2D eigenvalue weighted by molar-refractivity contribution is -0.109. The molecule has 58 valence electrons. The molecule has 3 heteroatoms. The van der Waals surface area contributed by atoms with Crippen molar-refractivity contribution in [3.63, 3.8) is 0 Å². The molecule has 1 rings (SSSR count). The van der Waals surface area contributed by atoms with Gasteiger partial charge in [-0.05, 0) is 12.8 Å². The minimum atomic E-state index is 0.204. The molecule has 0 N–H and O–H groups in total. The second-order valence-corrected chi connectivity index (χ2v) is 3.93.